The summed E-state index contributed by atoms with van der Waals surface area (Å²) in [4.78, 5) is 11.8. The van der Waals surface area contributed by atoms with Gasteiger partial charge < -0.3 is 4.74 Å². The topological polar surface area (TPSA) is 50.1 Å². The summed E-state index contributed by atoms with van der Waals surface area (Å²) in [6.45, 7) is -0.00264. The molecule has 0 spiro atoms. The van der Waals surface area contributed by atoms with Crippen LogP contribution in [-0.2, 0) is 11.3 Å². The Balaban J connectivity index is 2.07. The van der Waals surface area contributed by atoms with Crippen molar-refractivity contribution in [1.29, 1.82) is 5.26 Å². The number of hydrogen-bond donors (Lipinski definition) is 0. The van der Waals surface area contributed by atoms with Crippen molar-refractivity contribution < 1.29 is 9.53 Å². The molecule has 2 aromatic rings. The quantitative estimate of drug-likeness (QED) is 0.798. The summed E-state index contributed by atoms with van der Waals surface area (Å²) in [6, 6.07) is 13.2. The fraction of sp³-hybridized carbons (Fsp3) is 0.0667. The van der Waals surface area contributed by atoms with Gasteiger partial charge in [0.1, 0.15) is 6.61 Å². The fourth-order valence-electron chi connectivity index (χ4n) is 1.57. The number of hydrogen-bond acceptors (Lipinski definition) is 3. The minimum atomic E-state index is -0.495. The van der Waals surface area contributed by atoms with Crippen molar-refractivity contribution >= 4 is 29.2 Å². The number of benzene rings is 2. The van der Waals surface area contributed by atoms with E-state index in [4.69, 9.17) is 33.2 Å². The van der Waals surface area contributed by atoms with Gasteiger partial charge >= 0.3 is 5.97 Å². The van der Waals surface area contributed by atoms with Crippen LogP contribution in [0.2, 0.25) is 10.0 Å². The molecule has 0 aliphatic carbocycles. The molecule has 3 nitrogen and oxygen atoms in total. The van der Waals surface area contributed by atoms with Crippen molar-refractivity contribution in [3.05, 3.63) is 69.2 Å². The summed E-state index contributed by atoms with van der Waals surface area (Å²) in [6.07, 6.45) is 0. The Hall–Kier alpha value is -2.02. The molecular weight excluding hydrogens is 297 g/mol. The molecule has 0 aliphatic heterocycles. The first kappa shape index (κ1) is 14.4. The van der Waals surface area contributed by atoms with Gasteiger partial charge in [-0.05, 0) is 36.4 Å². The lowest BCUT2D eigenvalue weighted by atomic mass is 10.1. The van der Waals surface area contributed by atoms with Gasteiger partial charge in [-0.15, -0.1) is 0 Å². The van der Waals surface area contributed by atoms with Crippen molar-refractivity contribution in [1.82, 2.24) is 0 Å². The van der Waals surface area contributed by atoms with E-state index < -0.39 is 5.97 Å². The third-order valence-corrected chi connectivity index (χ3v) is 3.37. The highest BCUT2D eigenvalue weighted by Gasteiger charge is 2.11. The molecule has 0 amide bonds. The van der Waals surface area contributed by atoms with Gasteiger partial charge in [0.15, 0.2) is 0 Å². The predicted molar refractivity (Wildman–Crippen MR) is 76.7 cm³/mol. The Morgan fingerprint density at radius 3 is 2.25 bits per heavy atom. The molecular formula is C15H9Cl2NO2. The lowest BCUT2D eigenvalue weighted by molar-refractivity contribution is 0.0473. The number of rotatable bonds is 3. The Morgan fingerprint density at radius 1 is 1.10 bits per heavy atom. The third-order valence-electron chi connectivity index (χ3n) is 2.66. The van der Waals surface area contributed by atoms with Gasteiger partial charge in [-0.2, -0.15) is 5.26 Å². The van der Waals surface area contributed by atoms with Crippen LogP contribution in [0, 0.1) is 11.3 Å². The first-order valence-electron chi connectivity index (χ1n) is 5.72. The van der Waals surface area contributed by atoms with Crippen LogP contribution in [-0.4, -0.2) is 5.97 Å². The summed E-state index contributed by atoms with van der Waals surface area (Å²) in [5.74, 6) is -0.495. The van der Waals surface area contributed by atoms with Gasteiger partial charge in [0.25, 0.3) is 0 Å². The highest BCUT2D eigenvalue weighted by Crippen LogP contribution is 2.25. The summed E-state index contributed by atoms with van der Waals surface area (Å²) in [5, 5.41) is 9.58. The standard InChI is InChI=1S/C15H9Cl2NO2/c16-13-2-1-3-14(17)12(13)9-20-15(19)11-6-4-10(8-18)5-7-11/h1-7H,9H2. The van der Waals surface area contributed by atoms with E-state index in [1.165, 1.54) is 12.1 Å². The molecule has 5 heteroatoms. The highest BCUT2D eigenvalue weighted by atomic mass is 35.5. The number of halogens is 2. The van der Waals surface area contributed by atoms with E-state index >= 15 is 0 Å². The zero-order valence-corrected chi connectivity index (χ0v) is 11.8. The maximum absolute atomic E-state index is 11.8. The number of nitriles is 1. The largest absolute Gasteiger partial charge is 0.457 e. The van der Waals surface area contributed by atoms with E-state index in [2.05, 4.69) is 0 Å². The third kappa shape index (κ3) is 3.30. The van der Waals surface area contributed by atoms with Crippen LogP contribution >= 0.6 is 23.2 Å². The van der Waals surface area contributed by atoms with E-state index in [0.717, 1.165) is 0 Å². The van der Waals surface area contributed by atoms with Crippen LogP contribution < -0.4 is 0 Å². The van der Waals surface area contributed by atoms with Crippen molar-refractivity contribution in [3.63, 3.8) is 0 Å². The molecule has 0 atom stereocenters. The number of esters is 1. The normalized spacial score (nSPS) is 9.85. The van der Waals surface area contributed by atoms with E-state index in [-0.39, 0.29) is 6.61 Å². The van der Waals surface area contributed by atoms with Crippen LogP contribution in [0.25, 0.3) is 0 Å². The van der Waals surface area contributed by atoms with Gasteiger partial charge in [0.2, 0.25) is 0 Å². The van der Waals surface area contributed by atoms with Gasteiger partial charge in [-0.3, -0.25) is 0 Å². The van der Waals surface area contributed by atoms with Crippen molar-refractivity contribution in [2.24, 2.45) is 0 Å². The molecule has 0 heterocycles. The van der Waals surface area contributed by atoms with Crippen LogP contribution in [0.3, 0.4) is 0 Å². The average Bonchev–Trinajstić information content (AvgIpc) is 2.46. The second kappa shape index (κ2) is 6.42. The zero-order chi connectivity index (χ0) is 14.5. The summed E-state index contributed by atoms with van der Waals surface area (Å²) in [5.41, 5.74) is 1.42. The van der Waals surface area contributed by atoms with E-state index in [1.54, 1.807) is 30.3 Å². The molecule has 20 heavy (non-hydrogen) atoms. The molecule has 0 saturated heterocycles. The Labute approximate surface area is 126 Å². The molecule has 0 unspecified atom stereocenters. The molecule has 0 N–H and O–H groups in total. The predicted octanol–water partition coefficient (Wildman–Crippen LogP) is 4.22. The molecule has 0 aliphatic rings. The fourth-order valence-corrected chi connectivity index (χ4v) is 2.08. The van der Waals surface area contributed by atoms with Crippen molar-refractivity contribution in [3.8, 4) is 6.07 Å². The minimum absolute atomic E-state index is 0.00264. The van der Waals surface area contributed by atoms with Crippen LogP contribution in [0.4, 0.5) is 0 Å². The molecule has 0 fully saturated rings. The minimum Gasteiger partial charge on any atom is -0.457 e. The smallest absolute Gasteiger partial charge is 0.338 e. The first-order chi connectivity index (χ1) is 9.61. The highest BCUT2D eigenvalue weighted by molar-refractivity contribution is 6.35. The van der Waals surface area contributed by atoms with Gasteiger partial charge in [-0.1, -0.05) is 29.3 Å². The Morgan fingerprint density at radius 2 is 1.70 bits per heavy atom. The number of carbonyl (C=O) groups is 1. The molecule has 100 valence electrons. The van der Waals surface area contributed by atoms with Crippen molar-refractivity contribution in [2.75, 3.05) is 0 Å². The average molecular weight is 306 g/mol. The summed E-state index contributed by atoms with van der Waals surface area (Å²) < 4.78 is 5.16. The first-order valence-corrected chi connectivity index (χ1v) is 6.47. The van der Waals surface area contributed by atoms with Crippen molar-refractivity contribution in [2.45, 2.75) is 6.61 Å². The number of ether oxygens (including phenoxy) is 1. The SMILES string of the molecule is N#Cc1ccc(C(=O)OCc2c(Cl)cccc2Cl)cc1. The Kier molecular flexibility index (Phi) is 4.62. The van der Waals surface area contributed by atoms with Crippen LogP contribution in [0.5, 0.6) is 0 Å². The zero-order valence-electron chi connectivity index (χ0n) is 10.3. The second-order valence-corrected chi connectivity index (χ2v) is 4.78. The molecule has 0 saturated carbocycles. The van der Waals surface area contributed by atoms with Crippen LogP contribution in [0.1, 0.15) is 21.5 Å². The van der Waals surface area contributed by atoms with Gasteiger partial charge in [0.05, 0.1) is 17.2 Å². The molecule has 0 bridgehead atoms. The van der Waals surface area contributed by atoms with Crippen LogP contribution in [0.15, 0.2) is 42.5 Å². The van der Waals surface area contributed by atoms with E-state index in [0.29, 0.717) is 26.7 Å². The summed E-state index contributed by atoms with van der Waals surface area (Å²) in [7, 11) is 0. The van der Waals surface area contributed by atoms with Gasteiger partial charge in [-0.25, -0.2) is 4.79 Å². The molecule has 0 radical (unpaired) electrons. The maximum Gasteiger partial charge on any atom is 0.338 e. The van der Waals surface area contributed by atoms with E-state index in [1.807, 2.05) is 6.07 Å². The van der Waals surface area contributed by atoms with Gasteiger partial charge in [0, 0.05) is 15.6 Å². The summed E-state index contributed by atoms with van der Waals surface area (Å²) >= 11 is 12.0. The van der Waals surface area contributed by atoms with E-state index in [9.17, 15) is 4.79 Å². The lowest BCUT2D eigenvalue weighted by Crippen LogP contribution is -2.05. The molecule has 2 aromatic carbocycles. The Bertz CT molecular complexity index is 655. The number of nitrogens with zero attached hydrogens (tertiary/aromatic N) is 1. The second-order valence-electron chi connectivity index (χ2n) is 3.97. The molecule has 0 aromatic heterocycles. The maximum atomic E-state index is 11.8. The monoisotopic (exact) mass is 305 g/mol. The lowest BCUT2D eigenvalue weighted by Gasteiger charge is -2.08. The number of carbonyl (C=O) groups excluding carboxylic acids is 1. The molecule has 2 rings (SSSR count).